The molecule has 0 aromatic heterocycles. The summed E-state index contributed by atoms with van der Waals surface area (Å²) in [5, 5.41) is 8.66. The van der Waals surface area contributed by atoms with Gasteiger partial charge in [0.15, 0.2) is 0 Å². The fourth-order valence-electron chi connectivity index (χ4n) is 1.50. The number of halogens is 1. The van der Waals surface area contributed by atoms with Crippen molar-refractivity contribution in [3.63, 3.8) is 0 Å². The fourth-order valence-corrected chi connectivity index (χ4v) is 1.50. The van der Waals surface area contributed by atoms with Crippen LogP contribution in [0.5, 0.6) is 0 Å². The molecule has 0 amide bonds. The van der Waals surface area contributed by atoms with E-state index in [0.29, 0.717) is 16.8 Å². The van der Waals surface area contributed by atoms with Crippen molar-refractivity contribution in [2.75, 3.05) is 5.73 Å². The van der Waals surface area contributed by atoms with E-state index in [1.165, 1.54) is 18.2 Å². The monoisotopic (exact) mass is 212 g/mol. The minimum absolute atomic E-state index is 0.325. The van der Waals surface area contributed by atoms with Crippen molar-refractivity contribution in [2.24, 2.45) is 0 Å². The SMILES string of the molecule is N#Cc1ccc(-c2cc(F)ccc2N)cc1. The van der Waals surface area contributed by atoms with Gasteiger partial charge >= 0.3 is 0 Å². The Bertz CT molecular complexity index is 553. The predicted octanol–water partition coefficient (Wildman–Crippen LogP) is 2.95. The summed E-state index contributed by atoms with van der Waals surface area (Å²) in [4.78, 5) is 0. The van der Waals surface area contributed by atoms with Gasteiger partial charge in [0.25, 0.3) is 0 Å². The Kier molecular flexibility index (Phi) is 2.57. The third kappa shape index (κ3) is 1.86. The summed E-state index contributed by atoms with van der Waals surface area (Å²) >= 11 is 0. The van der Waals surface area contributed by atoms with E-state index in [4.69, 9.17) is 11.0 Å². The van der Waals surface area contributed by atoms with Gasteiger partial charge in [0, 0.05) is 11.3 Å². The maximum absolute atomic E-state index is 13.1. The average Bonchev–Trinajstić information content (AvgIpc) is 2.32. The summed E-state index contributed by atoms with van der Waals surface area (Å²) in [6.07, 6.45) is 0. The van der Waals surface area contributed by atoms with E-state index < -0.39 is 0 Å². The van der Waals surface area contributed by atoms with Gasteiger partial charge in [-0.15, -0.1) is 0 Å². The van der Waals surface area contributed by atoms with E-state index in [1.54, 1.807) is 24.3 Å². The van der Waals surface area contributed by atoms with Crippen molar-refractivity contribution in [1.82, 2.24) is 0 Å². The molecular weight excluding hydrogens is 203 g/mol. The van der Waals surface area contributed by atoms with Crippen molar-refractivity contribution in [2.45, 2.75) is 0 Å². The molecule has 0 radical (unpaired) electrons. The van der Waals surface area contributed by atoms with Gasteiger partial charge in [-0.05, 0) is 35.9 Å². The molecule has 0 bridgehead atoms. The molecule has 0 saturated carbocycles. The van der Waals surface area contributed by atoms with Crippen molar-refractivity contribution in [3.05, 3.63) is 53.8 Å². The van der Waals surface area contributed by atoms with E-state index in [0.717, 1.165) is 5.56 Å². The maximum Gasteiger partial charge on any atom is 0.123 e. The molecule has 2 nitrogen and oxygen atoms in total. The molecule has 0 aliphatic carbocycles. The zero-order valence-corrected chi connectivity index (χ0v) is 8.44. The second-order valence-corrected chi connectivity index (χ2v) is 3.42. The summed E-state index contributed by atoms with van der Waals surface area (Å²) in [5.41, 5.74) is 8.29. The highest BCUT2D eigenvalue weighted by molar-refractivity contribution is 5.76. The molecule has 78 valence electrons. The summed E-state index contributed by atoms with van der Waals surface area (Å²) in [6.45, 7) is 0. The normalized spacial score (nSPS) is 9.75. The van der Waals surface area contributed by atoms with Gasteiger partial charge in [-0.25, -0.2) is 4.39 Å². The van der Waals surface area contributed by atoms with Gasteiger partial charge in [0.05, 0.1) is 11.6 Å². The number of rotatable bonds is 1. The van der Waals surface area contributed by atoms with Crippen LogP contribution in [0.15, 0.2) is 42.5 Å². The number of nitrogens with two attached hydrogens (primary N) is 1. The van der Waals surface area contributed by atoms with Gasteiger partial charge < -0.3 is 5.73 Å². The number of hydrogen-bond acceptors (Lipinski definition) is 2. The first-order valence-corrected chi connectivity index (χ1v) is 4.76. The summed E-state index contributed by atoms with van der Waals surface area (Å²) < 4.78 is 13.1. The lowest BCUT2D eigenvalue weighted by Gasteiger charge is -2.05. The Balaban J connectivity index is 2.50. The van der Waals surface area contributed by atoms with E-state index in [1.807, 2.05) is 6.07 Å². The van der Waals surface area contributed by atoms with Gasteiger partial charge in [-0.2, -0.15) is 5.26 Å². The Morgan fingerprint density at radius 3 is 2.38 bits per heavy atom. The molecule has 0 fully saturated rings. The Morgan fingerprint density at radius 1 is 1.06 bits per heavy atom. The topological polar surface area (TPSA) is 49.8 Å². The van der Waals surface area contributed by atoms with Crippen LogP contribution in [0.1, 0.15) is 5.56 Å². The lowest BCUT2D eigenvalue weighted by atomic mass is 10.0. The third-order valence-electron chi connectivity index (χ3n) is 2.34. The first-order valence-electron chi connectivity index (χ1n) is 4.76. The van der Waals surface area contributed by atoms with Crippen molar-refractivity contribution in [1.29, 1.82) is 5.26 Å². The van der Waals surface area contributed by atoms with Crippen LogP contribution in [0.4, 0.5) is 10.1 Å². The lowest BCUT2D eigenvalue weighted by Crippen LogP contribution is -1.91. The Hall–Kier alpha value is -2.34. The molecule has 0 unspecified atom stereocenters. The fraction of sp³-hybridized carbons (Fsp3) is 0. The zero-order chi connectivity index (χ0) is 11.5. The predicted molar refractivity (Wildman–Crippen MR) is 61.0 cm³/mol. The van der Waals surface area contributed by atoms with Crippen LogP contribution in [0.25, 0.3) is 11.1 Å². The second-order valence-electron chi connectivity index (χ2n) is 3.42. The van der Waals surface area contributed by atoms with E-state index in [2.05, 4.69) is 0 Å². The first-order chi connectivity index (χ1) is 7.70. The Morgan fingerprint density at radius 2 is 1.75 bits per heavy atom. The molecule has 2 aromatic rings. The van der Waals surface area contributed by atoms with E-state index >= 15 is 0 Å². The lowest BCUT2D eigenvalue weighted by molar-refractivity contribution is 0.628. The molecule has 16 heavy (non-hydrogen) atoms. The standard InChI is InChI=1S/C13H9FN2/c14-11-5-6-13(16)12(7-11)10-3-1-9(8-15)2-4-10/h1-7H,16H2. The van der Waals surface area contributed by atoms with Crippen LogP contribution in [-0.2, 0) is 0 Å². The summed E-state index contributed by atoms with van der Waals surface area (Å²) in [5.74, 6) is -0.325. The van der Waals surface area contributed by atoms with Crippen molar-refractivity contribution < 1.29 is 4.39 Å². The van der Waals surface area contributed by atoms with Crippen LogP contribution in [0.3, 0.4) is 0 Å². The minimum atomic E-state index is -0.325. The van der Waals surface area contributed by atoms with Gasteiger partial charge in [-0.1, -0.05) is 12.1 Å². The largest absolute Gasteiger partial charge is 0.398 e. The highest BCUT2D eigenvalue weighted by atomic mass is 19.1. The molecule has 2 rings (SSSR count). The van der Waals surface area contributed by atoms with Gasteiger partial charge in [-0.3, -0.25) is 0 Å². The van der Waals surface area contributed by atoms with Crippen LogP contribution < -0.4 is 5.73 Å². The molecule has 0 saturated heterocycles. The van der Waals surface area contributed by atoms with Crippen molar-refractivity contribution >= 4 is 5.69 Å². The van der Waals surface area contributed by atoms with Crippen LogP contribution in [0.2, 0.25) is 0 Å². The minimum Gasteiger partial charge on any atom is -0.398 e. The number of nitriles is 1. The number of nitrogen functional groups attached to an aromatic ring is 1. The van der Waals surface area contributed by atoms with Crippen LogP contribution in [0, 0.1) is 17.1 Å². The van der Waals surface area contributed by atoms with Crippen LogP contribution >= 0.6 is 0 Å². The van der Waals surface area contributed by atoms with Crippen LogP contribution in [-0.4, -0.2) is 0 Å². The smallest absolute Gasteiger partial charge is 0.123 e. The molecule has 2 N–H and O–H groups in total. The molecule has 0 aliphatic rings. The van der Waals surface area contributed by atoms with Gasteiger partial charge in [0.2, 0.25) is 0 Å². The summed E-state index contributed by atoms with van der Waals surface area (Å²) in [6, 6.07) is 13.1. The number of anilines is 1. The highest BCUT2D eigenvalue weighted by Gasteiger charge is 2.04. The molecule has 0 aliphatic heterocycles. The molecule has 0 atom stereocenters. The number of hydrogen-bond donors (Lipinski definition) is 1. The second kappa shape index (κ2) is 4.03. The quantitative estimate of drug-likeness (QED) is 0.739. The Labute approximate surface area is 92.8 Å². The molecule has 0 heterocycles. The molecule has 0 spiro atoms. The third-order valence-corrected chi connectivity index (χ3v) is 2.34. The first kappa shape index (κ1) is 10.2. The van der Waals surface area contributed by atoms with E-state index in [9.17, 15) is 4.39 Å². The van der Waals surface area contributed by atoms with Gasteiger partial charge in [0.1, 0.15) is 5.82 Å². The van der Waals surface area contributed by atoms with Crippen molar-refractivity contribution in [3.8, 4) is 17.2 Å². The molecule has 2 aromatic carbocycles. The maximum atomic E-state index is 13.1. The summed E-state index contributed by atoms with van der Waals surface area (Å²) in [7, 11) is 0. The highest BCUT2D eigenvalue weighted by Crippen LogP contribution is 2.26. The average molecular weight is 212 g/mol. The number of nitrogens with zero attached hydrogens (tertiary/aromatic N) is 1. The molecule has 3 heteroatoms. The zero-order valence-electron chi connectivity index (χ0n) is 8.44. The van der Waals surface area contributed by atoms with E-state index in [-0.39, 0.29) is 5.82 Å². The molecular formula is C13H9FN2. The number of benzene rings is 2.